The number of rotatable bonds is 18. The summed E-state index contributed by atoms with van der Waals surface area (Å²) in [5.74, 6) is -1.32. The Morgan fingerprint density at radius 3 is 2.06 bits per heavy atom. The summed E-state index contributed by atoms with van der Waals surface area (Å²) < 4.78 is 51.0. The molecule has 0 bridgehead atoms. The molecule has 4 N–H and O–H groups in total. The lowest BCUT2D eigenvalue weighted by molar-refractivity contribution is -0.156. The number of benzene rings is 2. The standard InChI is InChI=1S/C44H52F2N8O9/c1-7-44(62-19-20-63-44)25-53(39(55)36(26(2)3)51-42(57)59-5)23-35-47-21-32(49-35)30-14-10-28(11-15-30)29-12-16-31(17-13-29)33-22-48-38(50-33)34-9-8-18-54(34)40(56)37(52-43(58)60-6)27(4)24-61-41(45)46/h7,10-17,21-22,26,34,36-37,41H,1,4,8-9,18-20,23-25H2,2-3,5-6H3,(H,47,49)(H,48,50)(H,51,57)(H,52,58)/t34-,36-,37-/m0/s1. The molecule has 2 aliphatic rings. The number of nitrogens with zero attached hydrogens (tertiary/aromatic N) is 4. The highest BCUT2D eigenvalue weighted by molar-refractivity contribution is 5.89. The van der Waals surface area contributed by atoms with E-state index in [2.05, 4.69) is 53.2 Å². The van der Waals surface area contributed by atoms with Gasteiger partial charge in [0.15, 0.2) is 0 Å². The molecule has 0 unspecified atom stereocenters. The van der Waals surface area contributed by atoms with Crippen LogP contribution in [0.15, 0.2) is 85.7 Å². The largest absolute Gasteiger partial charge is 0.453 e. The van der Waals surface area contributed by atoms with E-state index in [0.29, 0.717) is 44.2 Å². The molecule has 2 saturated heterocycles. The van der Waals surface area contributed by atoms with Gasteiger partial charge < -0.3 is 54.1 Å². The maximum absolute atomic E-state index is 13.9. The molecule has 0 radical (unpaired) electrons. The van der Waals surface area contributed by atoms with Gasteiger partial charge in [0.05, 0.1) is 77.0 Å². The minimum atomic E-state index is -3.08. The summed E-state index contributed by atoms with van der Waals surface area (Å²) in [6.45, 7) is 8.64. The maximum Gasteiger partial charge on any atom is 0.407 e. The van der Waals surface area contributed by atoms with Gasteiger partial charge >= 0.3 is 18.8 Å². The van der Waals surface area contributed by atoms with Crippen LogP contribution in [0.4, 0.5) is 18.4 Å². The van der Waals surface area contributed by atoms with E-state index in [4.69, 9.17) is 14.2 Å². The first-order valence-electron chi connectivity index (χ1n) is 20.3. The van der Waals surface area contributed by atoms with Gasteiger partial charge in [0.1, 0.15) is 23.7 Å². The van der Waals surface area contributed by atoms with E-state index in [-0.39, 0.29) is 30.5 Å². The van der Waals surface area contributed by atoms with E-state index in [1.165, 1.54) is 18.1 Å². The highest BCUT2D eigenvalue weighted by Gasteiger charge is 2.40. The van der Waals surface area contributed by atoms with E-state index in [0.717, 1.165) is 40.8 Å². The van der Waals surface area contributed by atoms with Gasteiger partial charge in [-0.15, -0.1) is 0 Å². The van der Waals surface area contributed by atoms with Crippen molar-refractivity contribution in [3.05, 3.63) is 97.4 Å². The topological polar surface area (TPSA) is 202 Å². The Bertz CT molecular complexity index is 2240. The third kappa shape index (κ3) is 11.1. The molecule has 17 nitrogen and oxygen atoms in total. The number of aromatic amines is 2. The highest BCUT2D eigenvalue weighted by Crippen LogP contribution is 2.34. The van der Waals surface area contributed by atoms with Crippen molar-refractivity contribution in [1.29, 1.82) is 0 Å². The number of H-pyrrole nitrogens is 2. The van der Waals surface area contributed by atoms with Crippen LogP contribution in [0.25, 0.3) is 33.6 Å². The van der Waals surface area contributed by atoms with Gasteiger partial charge in [0.25, 0.3) is 0 Å². The van der Waals surface area contributed by atoms with Crippen molar-refractivity contribution in [2.75, 3.05) is 47.1 Å². The molecule has 6 rings (SSSR count). The molecule has 0 spiro atoms. The van der Waals surface area contributed by atoms with E-state index < -0.39 is 55.2 Å². The summed E-state index contributed by atoms with van der Waals surface area (Å²) >= 11 is 0. The number of amides is 4. The number of hydrogen-bond acceptors (Lipinski definition) is 11. The lowest BCUT2D eigenvalue weighted by Gasteiger charge is -2.34. The van der Waals surface area contributed by atoms with Gasteiger partial charge in [-0.05, 0) is 52.7 Å². The molecule has 0 aliphatic carbocycles. The Labute approximate surface area is 363 Å². The molecular formula is C44H52F2N8O9. The van der Waals surface area contributed by atoms with Crippen molar-refractivity contribution in [1.82, 2.24) is 40.4 Å². The second-order valence-corrected chi connectivity index (χ2v) is 15.3. The van der Waals surface area contributed by atoms with Gasteiger partial charge in [-0.2, -0.15) is 8.78 Å². The van der Waals surface area contributed by atoms with Crippen LogP contribution in [0.3, 0.4) is 0 Å². The van der Waals surface area contributed by atoms with Crippen molar-refractivity contribution in [3.63, 3.8) is 0 Å². The molecule has 0 saturated carbocycles. The number of alkyl carbamates (subject to hydrolysis) is 2. The Morgan fingerprint density at radius 2 is 1.49 bits per heavy atom. The summed E-state index contributed by atoms with van der Waals surface area (Å²) in [7, 11) is 2.37. The second kappa shape index (κ2) is 20.6. The predicted octanol–water partition coefficient (Wildman–Crippen LogP) is 5.96. The van der Waals surface area contributed by atoms with E-state index in [1.54, 1.807) is 17.3 Å². The highest BCUT2D eigenvalue weighted by atomic mass is 19.3. The molecule has 19 heteroatoms. The molecule has 4 amide bonds. The number of likely N-dealkylation sites (tertiary alicyclic amines) is 1. The smallest absolute Gasteiger partial charge is 0.407 e. The number of imidazole rings is 2. The zero-order valence-corrected chi connectivity index (χ0v) is 35.5. The number of alkyl halides is 2. The molecule has 2 fully saturated rings. The molecule has 3 atom stereocenters. The van der Waals surface area contributed by atoms with Crippen LogP contribution in [0, 0.1) is 5.92 Å². The summed E-state index contributed by atoms with van der Waals surface area (Å²) in [4.78, 5) is 70.7. The summed E-state index contributed by atoms with van der Waals surface area (Å²) in [6, 6.07) is 13.1. The van der Waals surface area contributed by atoms with Crippen molar-refractivity contribution in [2.45, 2.75) is 63.8 Å². The molecule has 2 aromatic carbocycles. The van der Waals surface area contributed by atoms with Gasteiger partial charge in [-0.1, -0.05) is 75.5 Å². The van der Waals surface area contributed by atoms with Crippen LogP contribution < -0.4 is 10.6 Å². The zero-order chi connectivity index (χ0) is 45.3. The number of ether oxygens (including phenoxy) is 5. The van der Waals surface area contributed by atoms with E-state index >= 15 is 0 Å². The molecular weight excluding hydrogens is 823 g/mol. The Hall–Kier alpha value is -6.44. The first-order valence-corrected chi connectivity index (χ1v) is 20.3. The Morgan fingerprint density at radius 1 is 0.921 bits per heavy atom. The van der Waals surface area contributed by atoms with Crippen LogP contribution >= 0.6 is 0 Å². The monoisotopic (exact) mass is 874 g/mol. The first kappa shape index (κ1) is 46.1. The number of hydrogen-bond donors (Lipinski definition) is 4. The Balaban J connectivity index is 1.12. The number of carbonyl (C=O) groups excluding carboxylic acids is 4. The van der Waals surface area contributed by atoms with Gasteiger partial charge in [-0.25, -0.2) is 19.6 Å². The predicted molar refractivity (Wildman–Crippen MR) is 226 cm³/mol. The average Bonchev–Trinajstić information content (AvgIpc) is 4.14. The van der Waals surface area contributed by atoms with Crippen molar-refractivity contribution >= 4 is 24.0 Å². The molecule has 2 aliphatic heterocycles. The number of aromatic nitrogens is 4. The minimum Gasteiger partial charge on any atom is -0.453 e. The molecule has 2 aromatic heterocycles. The van der Waals surface area contributed by atoms with Gasteiger partial charge in [-0.3, -0.25) is 9.59 Å². The number of methoxy groups -OCH3 is 2. The number of halogens is 2. The van der Waals surface area contributed by atoms with E-state index in [1.807, 2.05) is 62.4 Å². The van der Waals surface area contributed by atoms with Gasteiger partial charge in [0.2, 0.25) is 17.6 Å². The fraction of sp³-hybridized carbons (Fsp3) is 0.409. The summed E-state index contributed by atoms with van der Waals surface area (Å²) in [5.41, 5.74) is 5.06. The Kier molecular flexibility index (Phi) is 15.1. The summed E-state index contributed by atoms with van der Waals surface area (Å²) in [6.07, 6.45) is 4.51. The SMILES string of the molecule is C=CC1(CN(Cc2ncc(-c3ccc(-c4ccc(-c5cnc([C@@H]6CCCN6C(=O)[C@@H](NC(=O)OC)C(=C)COC(F)F)[nH]5)cc4)cc3)[nH]2)C(=O)[C@@H](NC(=O)OC)C(C)C)OCCO1. The normalized spacial score (nSPS) is 16.7. The van der Waals surface area contributed by atoms with Crippen LogP contribution in [-0.2, 0) is 39.8 Å². The lowest BCUT2D eigenvalue weighted by atomic mass is 10.0. The third-order valence-electron chi connectivity index (χ3n) is 10.8. The van der Waals surface area contributed by atoms with E-state index in [9.17, 15) is 28.0 Å². The van der Waals surface area contributed by atoms with Crippen molar-refractivity contribution in [2.24, 2.45) is 5.92 Å². The second-order valence-electron chi connectivity index (χ2n) is 15.3. The quantitative estimate of drug-likeness (QED) is 0.0861. The van der Waals surface area contributed by atoms with Crippen LogP contribution in [0.5, 0.6) is 0 Å². The molecule has 4 heterocycles. The van der Waals surface area contributed by atoms with Crippen LogP contribution in [0.2, 0.25) is 0 Å². The number of nitrogens with one attached hydrogen (secondary N) is 4. The maximum atomic E-state index is 13.9. The van der Waals surface area contributed by atoms with Crippen LogP contribution in [-0.4, -0.2) is 125 Å². The average molecular weight is 875 g/mol. The van der Waals surface area contributed by atoms with Gasteiger partial charge in [0, 0.05) is 6.54 Å². The lowest BCUT2D eigenvalue weighted by Crippen LogP contribution is -2.54. The zero-order valence-electron chi connectivity index (χ0n) is 35.5. The molecule has 336 valence electrons. The fourth-order valence-electron chi connectivity index (χ4n) is 7.47. The summed E-state index contributed by atoms with van der Waals surface area (Å²) in [5, 5.41) is 5.03. The first-order chi connectivity index (χ1) is 30.2. The van der Waals surface area contributed by atoms with Crippen LogP contribution in [0.1, 0.15) is 44.4 Å². The molecule has 63 heavy (non-hydrogen) atoms. The molecule has 4 aromatic rings. The van der Waals surface area contributed by atoms with Crippen molar-refractivity contribution < 1.29 is 51.6 Å². The minimum absolute atomic E-state index is 0.0207. The third-order valence-corrected chi connectivity index (χ3v) is 10.8. The van der Waals surface area contributed by atoms with Crippen molar-refractivity contribution in [3.8, 4) is 33.6 Å². The number of carbonyl (C=O) groups is 4. The fourth-order valence-corrected chi connectivity index (χ4v) is 7.47.